The average Bonchev–Trinajstić information content (AvgIpc) is 2.64. The Kier molecular flexibility index (Phi) is 2.80. The molecule has 0 aliphatic rings. The summed E-state index contributed by atoms with van der Waals surface area (Å²) >= 11 is 4.98. The van der Waals surface area contributed by atoms with Crippen LogP contribution in [0.15, 0.2) is 22.0 Å². The van der Waals surface area contributed by atoms with E-state index in [9.17, 15) is 0 Å². The summed E-state index contributed by atoms with van der Waals surface area (Å²) in [7, 11) is 0. The van der Waals surface area contributed by atoms with Gasteiger partial charge in [0.15, 0.2) is 0 Å². The lowest BCUT2D eigenvalue weighted by atomic mass is 10.3. The number of nitrogens with zero attached hydrogens (tertiary/aromatic N) is 3. The van der Waals surface area contributed by atoms with Gasteiger partial charge in [-0.25, -0.2) is 9.97 Å². The normalized spacial score (nSPS) is 9.93. The first-order chi connectivity index (χ1) is 7.19. The van der Waals surface area contributed by atoms with Gasteiger partial charge in [-0.2, -0.15) is 5.26 Å². The first kappa shape index (κ1) is 10.3. The third-order valence-corrected chi connectivity index (χ3v) is 3.42. The van der Waals surface area contributed by atoms with Crippen LogP contribution < -0.4 is 0 Å². The fourth-order valence-corrected chi connectivity index (χ4v) is 2.55. The Morgan fingerprint density at radius 2 is 2.20 bits per heavy atom. The Hall–Kier alpha value is -1.25. The lowest BCUT2D eigenvalue weighted by Gasteiger charge is -1.98. The van der Waals surface area contributed by atoms with E-state index in [0.29, 0.717) is 11.5 Å². The van der Waals surface area contributed by atoms with E-state index in [1.165, 1.54) is 0 Å². The van der Waals surface area contributed by atoms with E-state index in [1.54, 1.807) is 24.3 Å². The zero-order valence-corrected chi connectivity index (χ0v) is 10.3. The maximum Gasteiger partial charge on any atom is 0.144 e. The highest BCUT2D eigenvalue weighted by molar-refractivity contribution is 9.11. The fraction of sp³-hybridized carbons (Fsp3) is 0.100. The van der Waals surface area contributed by atoms with Gasteiger partial charge in [0.2, 0.25) is 0 Å². The minimum atomic E-state index is 0.405. The van der Waals surface area contributed by atoms with Gasteiger partial charge in [0.25, 0.3) is 0 Å². The molecule has 0 saturated heterocycles. The van der Waals surface area contributed by atoms with Gasteiger partial charge in [0.05, 0.1) is 14.4 Å². The summed E-state index contributed by atoms with van der Waals surface area (Å²) in [5, 5.41) is 8.79. The molecule has 0 spiro atoms. The molecule has 0 atom stereocenters. The van der Waals surface area contributed by atoms with Crippen molar-refractivity contribution in [3.8, 4) is 16.6 Å². The molecule has 3 nitrogen and oxygen atoms in total. The zero-order valence-electron chi connectivity index (χ0n) is 7.86. The van der Waals surface area contributed by atoms with Gasteiger partial charge in [0.1, 0.15) is 17.6 Å². The molecule has 0 aliphatic heterocycles. The third kappa shape index (κ3) is 2.22. The SMILES string of the molecule is Cc1nc(C#N)cc(-c2ccc(Br)s2)n1. The van der Waals surface area contributed by atoms with Crippen LogP contribution in [-0.2, 0) is 0 Å². The van der Waals surface area contributed by atoms with Crippen LogP contribution in [0.4, 0.5) is 0 Å². The maximum atomic E-state index is 8.79. The summed E-state index contributed by atoms with van der Waals surface area (Å²) < 4.78 is 1.05. The second-order valence-electron chi connectivity index (χ2n) is 2.90. The number of hydrogen-bond donors (Lipinski definition) is 0. The van der Waals surface area contributed by atoms with E-state index in [0.717, 1.165) is 14.4 Å². The van der Waals surface area contributed by atoms with Crippen molar-refractivity contribution >= 4 is 27.3 Å². The molecule has 0 saturated carbocycles. The average molecular weight is 280 g/mol. The predicted octanol–water partition coefficient (Wildman–Crippen LogP) is 3.15. The van der Waals surface area contributed by atoms with Gasteiger partial charge in [0, 0.05) is 6.07 Å². The number of thiophene rings is 1. The lowest BCUT2D eigenvalue weighted by Crippen LogP contribution is -1.93. The number of hydrogen-bond acceptors (Lipinski definition) is 4. The van der Waals surface area contributed by atoms with Crippen LogP contribution in [0.1, 0.15) is 11.5 Å². The molecule has 0 amide bonds. The molecule has 2 aromatic rings. The fourth-order valence-electron chi connectivity index (χ4n) is 1.20. The highest BCUT2D eigenvalue weighted by Gasteiger charge is 2.06. The first-order valence-electron chi connectivity index (χ1n) is 4.20. The Morgan fingerprint density at radius 1 is 1.40 bits per heavy atom. The molecule has 0 bridgehead atoms. The predicted molar refractivity (Wildman–Crippen MR) is 62.5 cm³/mol. The van der Waals surface area contributed by atoms with Crippen LogP contribution in [0, 0.1) is 18.3 Å². The van der Waals surface area contributed by atoms with Gasteiger partial charge in [-0.1, -0.05) is 0 Å². The van der Waals surface area contributed by atoms with Crippen LogP contribution in [0.25, 0.3) is 10.6 Å². The zero-order chi connectivity index (χ0) is 10.8. The maximum absolute atomic E-state index is 8.79. The molecule has 0 fully saturated rings. The minimum absolute atomic E-state index is 0.405. The topological polar surface area (TPSA) is 49.6 Å². The summed E-state index contributed by atoms with van der Waals surface area (Å²) in [6.07, 6.45) is 0. The van der Waals surface area contributed by atoms with Gasteiger partial charge < -0.3 is 0 Å². The molecule has 0 radical (unpaired) electrons. The lowest BCUT2D eigenvalue weighted by molar-refractivity contribution is 1.04. The molecule has 0 aliphatic carbocycles. The number of rotatable bonds is 1. The van der Waals surface area contributed by atoms with E-state index in [4.69, 9.17) is 5.26 Å². The number of aromatic nitrogens is 2. The van der Waals surface area contributed by atoms with Crippen LogP contribution in [0.5, 0.6) is 0 Å². The van der Waals surface area contributed by atoms with Crippen LogP contribution in [-0.4, -0.2) is 9.97 Å². The Balaban J connectivity index is 2.54. The Bertz CT molecular complexity index is 542. The highest BCUT2D eigenvalue weighted by atomic mass is 79.9. The van der Waals surface area contributed by atoms with Crippen molar-refractivity contribution < 1.29 is 0 Å². The van der Waals surface area contributed by atoms with Crippen molar-refractivity contribution in [2.75, 3.05) is 0 Å². The van der Waals surface area contributed by atoms with E-state index in [1.807, 2.05) is 18.2 Å². The molecule has 0 N–H and O–H groups in total. The molecule has 5 heteroatoms. The number of aryl methyl sites for hydroxylation is 1. The van der Waals surface area contributed by atoms with E-state index in [2.05, 4.69) is 25.9 Å². The monoisotopic (exact) mass is 279 g/mol. The van der Waals surface area contributed by atoms with Crippen molar-refractivity contribution in [1.29, 1.82) is 5.26 Å². The molecule has 74 valence electrons. The third-order valence-electron chi connectivity index (χ3n) is 1.78. The van der Waals surface area contributed by atoms with Crippen molar-refractivity contribution in [1.82, 2.24) is 9.97 Å². The van der Waals surface area contributed by atoms with Crippen molar-refractivity contribution in [3.63, 3.8) is 0 Å². The van der Waals surface area contributed by atoms with E-state index in [-0.39, 0.29) is 0 Å². The molecule has 15 heavy (non-hydrogen) atoms. The second kappa shape index (κ2) is 4.09. The van der Waals surface area contributed by atoms with E-state index >= 15 is 0 Å². The van der Waals surface area contributed by atoms with E-state index < -0.39 is 0 Å². The number of nitriles is 1. The van der Waals surface area contributed by atoms with Crippen LogP contribution >= 0.6 is 27.3 Å². The molecule has 2 aromatic heterocycles. The number of halogens is 1. The van der Waals surface area contributed by atoms with Gasteiger partial charge >= 0.3 is 0 Å². The summed E-state index contributed by atoms with van der Waals surface area (Å²) in [5.74, 6) is 0.619. The Morgan fingerprint density at radius 3 is 2.80 bits per heavy atom. The van der Waals surface area contributed by atoms with Crippen molar-refractivity contribution in [2.45, 2.75) is 6.92 Å². The van der Waals surface area contributed by atoms with Crippen LogP contribution in [0.3, 0.4) is 0 Å². The highest BCUT2D eigenvalue weighted by Crippen LogP contribution is 2.30. The van der Waals surface area contributed by atoms with Crippen molar-refractivity contribution in [2.24, 2.45) is 0 Å². The van der Waals surface area contributed by atoms with Gasteiger partial charge in [-0.15, -0.1) is 11.3 Å². The molecular weight excluding hydrogens is 274 g/mol. The van der Waals surface area contributed by atoms with Gasteiger partial charge in [-0.05, 0) is 35.0 Å². The van der Waals surface area contributed by atoms with Gasteiger partial charge in [-0.3, -0.25) is 0 Å². The summed E-state index contributed by atoms with van der Waals surface area (Å²) in [6.45, 7) is 1.78. The summed E-state index contributed by atoms with van der Waals surface area (Å²) in [5.41, 5.74) is 1.21. The van der Waals surface area contributed by atoms with Crippen molar-refractivity contribution in [3.05, 3.63) is 33.5 Å². The quantitative estimate of drug-likeness (QED) is 0.806. The first-order valence-corrected chi connectivity index (χ1v) is 5.81. The second-order valence-corrected chi connectivity index (χ2v) is 5.36. The largest absolute Gasteiger partial charge is 0.232 e. The molecule has 2 rings (SSSR count). The molecule has 2 heterocycles. The molecule has 0 unspecified atom stereocenters. The molecule has 0 aromatic carbocycles. The smallest absolute Gasteiger partial charge is 0.144 e. The minimum Gasteiger partial charge on any atom is -0.232 e. The summed E-state index contributed by atoms with van der Waals surface area (Å²) in [6, 6.07) is 7.66. The van der Waals surface area contributed by atoms with Crippen LogP contribution in [0.2, 0.25) is 0 Å². The molecular formula is C10H6BrN3S. The summed E-state index contributed by atoms with van der Waals surface area (Å²) in [4.78, 5) is 9.33. The standard InChI is InChI=1S/C10H6BrN3S/c1-6-13-7(5-12)4-8(14-6)9-2-3-10(11)15-9/h2-4H,1H3. The Labute approximate surface area is 99.6 Å².